The zero-order valence-corrected chi connectivity index (χ0v) is 22.4. The second-order valence-corrected chi connectivity index (χ2v) is 9.56. The van der Waals surface area contributed by atoms with Crippen LogP contribution in [-0.2, 0) is 20.0 Å². The van der Waals surface area contributed by atoms with Crippen molar-refractivity contribution in [2.45, 2.75) is 26.8 Å². The number of phenols is 1. The lowest BCUT2D eigenvalue weighted by atomic mass is 10.0. The summed E-state index contributed by atoms with van der Waals surface area (Å²) >= 11 is 0. The van der Waals surface area contributed by atoms with E-state index in [0.717, 1.165) is 42.4 Å². The molecule has 0 radical (unpaired) electrons. The summed E-state index contributed by atoms with van der Waals surface area (Å²) in [5.74, 6) is 0.885. The molecule has 0 aliphatic carbocycles. The third-order valence-corrected chi connectivity index (χ3v) is 6.49. The number of pyridine rings is 2. The number of phenolic OH excluding ortho intramolecular Hbond substituents is 1. The van der Waals surface area contributed by atoms with Crippen molar-refractivity contribution in [2.24, 2.45) is 7.05 Å². The number of benzene rings is 1. The van der Waals surface area contributed by atoms with Crippen molar-refractivity contribution in [3.63, 3.8) is 0 Å². The topological polar surface area (TPSA) is 99.4 Å². The van der Waals surface area contributed by atoms with Crippen LogP contribution in [0.3, 0.4) is 0 Å². The predicted molar refractivity (Wildman–Crippen MR) is 147 cm³/mol. The molecule has 3 aromatic heterocycles. The maximum atomic E-state index is 13.7. The Labute approximate surface area is 217 Å². The first kappa shape index (κ1) is 26.1. The second kappa shape index (κ2) is 11.0. The summed E-state index contributed by atoms with van der Waals surface area (Å²) in [6, 6.07) is 10.6. The van der Waals surface area contributed by atoms with Crippen molar-refractivity contribution < 1.29 is 9.90 Å². The summed E-state index contributed by atoms with van der Waals surface area (Å²) in [4.78, 5) is 31.5. The number of hydrogen-bond donors (Lipinski definition) is 2. The lowest BCUT2D eigenvalue weighted by Gasteiger charge is -2.19. The van der Waals surface area contributed by atoms with Crippen LogP contribution in [0.15, 0.2) is 42.6 Å². The van der Waals surface area contributed by atoms with Crippen molar-refractivity contribution >= 4 is 22.5 Å². The van der Waals surface area contributed by atoms with Gasteiger partial charge in [-0.2, -0.15) is 0 Å². The molecule has 9 nitrogen and oxygen atoms in total. The average Bonchev–Trinajstić information content (AvgIpc) is 3.22. The monoisotopic (exact) mass is 501 g/mol. The summed E-state index contributed by atoms with van der Waals surface area (Å²) in [5.41, 5.74) is 5.14. The molecular weight excluding hydrogens is 466 g/mol. The van der Waals surface area contributed by atoms with Gasteiger partial charge in [0.2, 0.25) is 0 Å². The van der Waals surface area contributed by atoms with Crippen molar-refractivity contribution in [1.29, 1.82) is 0 Å². The highest BCUT2D eigenvalue weighted by molar-refractivity contribution is 6.07. The highest BCUT2D eigenvalue weighted by atomic mass is 16.3. The molecule has 0 bridgehead atoms. The summed E-state index contributed by atoms with van der Waals surface area (Å²) < 4.78 is 2.02. The lowest BCUT2D eigenvalue weighted by molar-refractivity contribution is 0.0784. The van der Waals surface area contributed by atoms with Gasteiger partial charge in [-0.1, -0.05) is 6.92 Å². The Kier molecular flexibility index (Phi) is 7.73. The van der Waals surface area contributed by atoms with Gasteiger partial charge in [0, 0.05) is 39.0 Å². The molecule has 194 valence electrons. The highest BCUT2D eigenvalue weighted by Gasteiger charge is 2.20. The molecule has 1 aromatic carbocycles. The molecule has 0 aliphatic rings. The smallest absolute Gasteiger partial charge is 0.254 e. The van der Waals surface area contributed by atoms with Crippen LogP contribution in [0, 0.1) is 6.92 Å². The molecule has 4 rings (SSSR count). The first-order valence-corrected chi connectivity index (χ1v) is 12.4. The zero-order chi connectivity index (χ0) is 26.7. The Balaban J connectivity index is 1.68. The first-order valence-electron chi connectivity index (χ1n) is 12.4. The van der Waals surface area contributed by atoms with E-state index in [4.69, 9.17) is 9.97 Å². The van der Waals surface area contributed by atoms with Crippen LogP contribution in [-0.4, -0.2) is 74.6 Å². The number of fused-ring (bicyclic) bond motifs is 1. The van der Waals surface area contributed by atoms with Gasteiger partial charge in [-0.25, -0.2) is 15.0 Å². The molecule has 4 aromatic rings. The molecule has 0 spiro atoms. The molecule has 0 aliphatic heterocycles. The fraction of sp³-hybridized carbons (Fsp3) is 0.357. The molecule has 2 N–H and O–H groups in total. The number of carbonyl (C=O) groups is 1. The number of nitrogens with zero attached hydrogens (tertiary/aromatic N) is 6. The molecule has 0 saturated carbocycles. The number of aryl methyl sites for hydroxylation is 2. The van der Waals surface area contributed by atoms with E-state index in [9.17, 15) is 9.90 Å². The number of hydrogen-bond acceptors (Lipinski definition) is 7. The van der Waals surface area contributed by atoms with Crippen molar-refractivity contribution in [3.05, 3.63) is 65.4 Å². The Morgan fingerprint density at radius 3 is 2.54 bits per heavy atom. The van der Waals surface area contributed by atoms with E-state index in [2.05, 4.69) is 22.1 Å². The molecular formula is C28H35N7O2. The number of carbonyl (C=O) groups excluding carboxylic acids is 1. The van der Waals surface area contributed by atoms with Crippen LogP contribution in [0.5, 0.6) is 5.75 Å². The molecule has 0 fully saturated rings. The van der Waals surface area contributed by atoms with Gasteiger partial charge in [0.15, 0.2) is 0 Å². The number of aromatic hydroxyl groups is 1. The number of nitrogens with one attached hydrogen (secondary N) is 1. The standard InChI is InChI=1S/C28H35N7O2/c1-7-27-30-16-19(35(27)6)17-34(5)28(37)22-15-26(32-24-9-8-20(36)14-21(22)24)25-11-10-23(18(2)31-25)29-12-13-33(3)4/h8-11,14-16,29,36H,7,12-13,17H2,1-6H3. The summed E-state index contributed by atoms with van der Waals surface area (Å²) in [7, 11) is 7.81. The number of rotatable bonds is 9. The molecule has 0 saturated heterocycles. The number of imidazole rings is 1. The van der Waals surface area contributed by atoms with Crippen molar-refractivity contribution in [2.75, 3.05) is 39.5 Å². The largest absolute Gasteiger partial charge is 0.508 e. The van der Waals surface area contributed by atoms with Gasteiger partial charge >= 0.3 is 0 Å². The van der Waals surface area contributed by atoms with Crippen molar-refractivity contribution in [1.82, 2.24) is 29.3 Å². The molecule has 37 heavy (non-hydrogen) atoms. The molecule has 3 heterocycles. The van der Waals surface area contributed by atoms with Gasteiger partial charge in [-0.05, 0) is 57.4 Å². The molecule has 0 atom stereocenters. The van der Waals surface area contributed by atoms with E-state index in [1.54, 1.807) is 36.2 Å². The highest BCUT2D eigenvalue weighted by Crippen LogP contribution is 2.29. The minimum absolute atomic E-state index is 0.0834. The molecule has 1 amide bonds. The Hall–Kier alpha value is -3.98. The number of likely N-dealkylation sites (N-methyl/N-ethyl adjacent to an activating group) is 1. The van der Waals surface area contributed by atoms with Crippen LogP contribution < -0.4 is 5.32 Å². The van der Waals surface area contributed by atoms with E-state index in [0.29, 0.717) is 34.4 Å². The summed E-state index contributed by atoms with van der Waals surface area (Å²) in [6.07, 6.45) is 2.63. The minimum Gasteiger partial charge on any atom is -0.508 e. The number of aromatic nitrogens is 4. The number of anilines is 1. The summed E-state index contributed by atoms with van der Waals surface area (Å²) in [5, 5.41) is 14.2. The lowest BCUT2D eigenvalue weighted by Crippen LogP contribution is -2.27. The minimum atomic E-state index is -0.169. The van der Waals surface area contributed by atoms with E-state index < -0.39 is 0 Å². The number of amides is 1. The van der Waals surface area contributed by atoms with Crippen LogP contribution in [0.2, 0.25) is 0 Å². The Bertz CT molecular complexity index is 1430. The van der Waals surface area contributed by atoms with E-state index >= 15 is 0 Å². The quantitative estimate of drug-likeness (QED) is 0.359. The molecule has 9 heteroatoms. The Morgan fingerprint density at radius 2 is 1.86 bits per heavy atom. The van der Waals surface area contributed by atoms with Crippen molar-refractivity contribution in [3.8, 4) is 17.1 Å². The van der Waals surface area contributed by atoms with Gasteiger partial charge in [-0.15, -0.1) is 0 Å². The van der Waals surface area contributed by atoms with Gasteiger partial charge in [0.25, 0.3) is 5.91 Å². The van der Waals surface area contributed by atoms with Crippen LogP contribution >= 0.6 is 0 Å². The van der Waals surface area contributed by atoms with Crippen LogP contribution in [0.25, 0.3) is 22.3 Å². The fourth-order valence-electron chi connectivity index (χ4n) is 4.31. The van der Waals surface area contributed by atoms with Gasteiger partial charge in [0.1, 0.15) is 11.6 Å². The third kappa shape index (κ3) is 5.72. The Morgan fingerprint density at radius 1 is 1.08 bits per heavy atom. The second-order valence-electron chi connectivity index (χ2n) is 9.56. The maximum absolute atomic E-state index is 13.7. The van der Waals surface area contributed by atoms with E-state index in [1.807, 2.05) is 51.0 Å². The SMILES string of the molecule is CCc1ncc(CN(C)C(=O)c2cc(-c3ccc(NCCN(C)C)c(C)n3)nc3ccc(O)cc23)n1C. The first-order chi connectivity index (χ1) is 17.7. The van der Waals surface area contributed by atoms with E-state index in [1.165, 1.54) is 0 Å². The van der Waals surface area contributed by atoms with Crippen LogP contribution in [0.4, 0.5) is 5.69 Å². The van der Waals surface area contributed by atoms with Gasteiger partial charge in [0.05, 0.1) is 52.3 Å². The predicted octanol–water partition coefficient (Wildman–Crippen LogP) is 3.85. The van der Waals surface area contributed by atoms with Gasteiger partial charge < -0.3 is 24.8 Å². The van der Waals surface area contributed by atoms with E-state index in [-0.39, 0.29) is 11.7 Å². The maximum Gasteiger partial charge on any atom is 0.254 e. The third-order valence-electron chi connectivity index (χ3n) is 6.49. The zero-order valence-electron chi connectivity index (χ0n) is 22.4. The van der Waals surface area contributed by atoms with Crippen LogP contribution in [0.1, 0.15) is 34.5 Å². The molecule has 0 unspecified atom stereocenters. The fourth-order valence-corrected chi connectivity index (χ4v) is 4.31. The average molecular weight is 502 g/mol. The summed E-state index contributed by atoms with van der Waals surface area (Å²) in [6.45, 7) is 6.15. The normalized spacial score (nSPS) is 11.3. The van der Waals surface area contributed by atoms with Gasteiger partial charge in [-0.3, -0.25) is 4.79 Å².